The maximum absolute atomic E-state index is 12.3. The van der Waals surface area contributed by atoms with Crippen molar-refractivity contribution in [1.82, 2.24) is 9.62 Å². The number of nitro groups is 1. The summed E-state index contributed by atoms with van der Waals surface area (Å²) in [5, 5.41) is 10.6. The number of hydrogen-bond acceptors (Lipinski definition) is 5. The first kappa shape index (κ1) is 17.4. The molecule has 1 amide bonds. The maximum atomic E-state index is 12.3. The Labute approximate surface area is 134 Å². The first-order valence-corrected chi connectivity index (χ1v) is 8.86. The Hall–Kier alpha value is -2.00. The highest BCUT2D eigenvalue weighted by atomic mass is 32.2. The van der Waals surface area contributed by atoms with Crippen LogP contribution in [0.2, 0.25) is 0 Å². The molecule has 1 aliphatic rings. The molecule has 0 spiro atoms. The fourth-order valence-electron chi connectivity index (χ4n) is 2.50. The van der Waals surface area contributed by atoms with Gasteiger partial charge in [-0.2, -0.15) is 0 Å². The summed E-state index contributed by atoms with van der Waals surface area (Å²) in [6.45, 7) is 2.85. The molecular formula is C14H19N3O5S. The number of carbonyl (C=O) groups excluding carboxylic acids is 1. The van der Waals surface area contributed by atoms with Gasteiger partial charge in [0.15, 0.2) is 0 Å². The summed E-state index contributed by atoms with van der Waals surface area (Å²) in [4.78, 5) is 23.3. The summed E-state index contributed by atoms with van der Waals surface area (Å²) >= 11 is 0. The number of piperidine rings is 1. The van der Waals surface area contributed by atoms with Gasteiger partial charge in [-0.1, -0.05) is 6.92 Å². The maximum Gasteiger partial charge on any atom is 0.269 e. The van der Waals surface area contributed by atoms with E-state index in [1.165, 1.54) is 12.1 Å². The highest BCUT2D eigenvalue weighted by molar-refractivity contribution is 7.89. The molecule has 126 valence electrons. The molecule has 0 atom stereocenters. The quantitative estimate of drug-likeness (QED) is 0.641. The van der Waals surface area contributed by atoms with Gasteiger partial charge in [0.1, 0.15) is 0 Å². The lowest BCUT2D eigenvalue weighted by atomic mass is 10.1. The molecule has 23 heavy (non-hydrogen) atoms. The van der Waals surface area contributed by atoms with Crippen LogP contribution in [0.1, 0.15) is 26.2 Å². The van der Waals surface area contributed by atoms with E-state index in [4.69, 9.17) is 0 Å². The van der Waals surface area contributed by atoms with Gasteiger partial charge in [-0.25, -0.2) is 13.1 Å². The number of benzene rings is 1. The lowest BCUT2D eigenvalue weighted by Gasteiger charge is -2.32. The molecule has 1 aromatic carbocycles. The molecule has 1 N–H and O–H groups in total. The van der Waals surface area contributed by atoms with Crippen LogP contribution in [0.4, 0.5) is 5.69 Å². The SMILES string of the molecule is CCC(=O)N1CCC(NS(=O)(=O)c2ccc([N+](=O)[O-])cc2)CC1. The molecule has 2 rings (SSSR count). The standard InChI is InChI=1S/C14H19N3O5S/c1-2-14(18)16-9-7-11(8-10-16)15-23(21,22)13-5-3-12(4-6-13)17(19)20/h3-6,11,15H,2,7-10H2,1H3. The topological polar surface area (TPSA) is 110 Å². The fraction of sp³-hybridized carbons (Fsp3) is 0.500. The van der Waals surface area contributed by atoms with Crippen LogP contribution in [0.25, 0.3) is 0 Å². The van der Waals surface area contributed by atoms with Crippen molar-refractivity contribution in [3.63, 3.8) is 0 Å². The molecule has 0 bridgehead atoms. The molecular weight excluding hydrogens is 322 g/mol. The normalized spacial score (nSPS) is 16.3. The van der Waals surface area contributed by atoms with E-state index in [2.05, 4.69) is 4.72 Å². The van der Waals surface area contributed by atoms with E-state index in [9.17, 15) is 23.3 Å². The highest BCUT2D eigenvalue weighted by Crippen LogP contribution is 2.18. The number of nitrogens with zero attached hydrogens (tertiary/aromatic N) is 2. The zero-order chi connectivity index (χ0) is 17.0. The highest BCUT2D eigenvalue weighted by Gasteiger charge is 2.26. The Morgan fingerprint density at radius 3 is 2.35 bits per heavy atom. The summed E-state index contributed by atoms with van der Waals surface area (Å²) in [6, 6.07) is 4.52. The van der Waals surface area contributed by atoms with E-state index < -0.39 is 14.9 Å². The molecule has 1 aromatic rings. The van der Waals surface area contributed by atoms with Crippen molar-refractivity contribution in [1.29, 1.82) is 0 Å². The smallest absolute Gasteiger partial charge is 0.269 e. The van der Waals surface area contributed by atoms with E-state index >= 15 is 0 Å². The Balaban J connectivity index is 1.99. The van der Waals surface area contributed by atoms with E-state index in [1.807, 2.05) is 0 Å². The predicted octanol–water partition coefficient (Wildman–Crippen LogP) is 1.27. The number of rotatable bonds is 5. The number of amides is 1. The number of sulfonamides is 1. The molecule has 1 heterocycles. The first-order chi connectivity index (χ1) is 10.8. The monoisotopic (exact) mass is 341 g/mol. The summed E-state index contributed by atoms with van der Waals surface area (Å²) in [5.74, 6) is 0.0710. The van der Waals surface area contributed by atoms with Crippen molar-refractivity contribution in [3.8, 4) is 0 Å². The van der Waals surface area contributed by atoms with Gasteiger partial charge < -0.3 is 4.90 Å². The summed E-state index contributed by atoms with van der Waals surface area (Å²) in [6.07, 6.45) is 1.55. The van der Waals surface area contributed by atoms with Gasteiger partial charge in [0.05, 0.1) is 9.82 Å². The molecule has 0 unspecified atom stereocenters. The minimum absolute atomic E-state index is 0.00448. The third-order valence-electron chi connectivity index (χ3n) is 3.83. The second-order valence-corrected chi connectivity index (χ2v) is 7.09. The van der Waals surface area contributed by atoms with E-state index in [-0.39, 0.29) is 22.5 Å². The van der Waals surface area contributed by atoms with Gasteiger partial charge in [0.25, 0.3) is 5.69 Å². The van der Waals surface area contributed by atoms with Gasteiger partial charge in [0.2, 0.25) is 15.9 Å². The average molecular weight is 341 g/mol. The Kier molecular flexibility index (Phi) is 5.32. The van der Waals surface area contributed by atoms with Crippen LogP contribution in [0.15, 0.2) is 29.2 Å². The van der Waals surface area contributed by atoms with Crippen LogP contribution in [0.3, 0.4) is 0 Å². The summed E-state index contributed by atoms with van der Waals surface area (Å²) in [7, 11) is -3.72. The minimum Gasteiger partial charge on any atom is -0.343 e. The summed E-state index contributed by atoms with van der Waals surface area (Å²) in [5.41, 5.74) is -0.157. The Morgan fingerprint density at radius 2 is 1.87 bits per heavy atom. The summed E-state index contributed by atoms with van der Waals surface area (Å²) < 4.78 is 27.2. The van der Waals surface area contributed by atoms with Gasteiger partial charge >= 0.3 is 0 Å². The Morgan fingerprint density at radius 1 is 1.30 bits per heavy atom. The largest absolute Gasteiger partial charge is 0.343 e. The molecule has 0 radical (unpaired) electrons. The van der Waals surface area contributed by atoms with E-state index in [0.717, 1.165) is 12.1 Å². The number of nitro benzene ring substituents is 1. The first-order valence-electron chi connectivity index (χ1n) is 7.38. The van der Waals surface area contributed by atoms with Crippen LogP contribution < -0.4 is 4.72 Å². The van der Waals surface area contributed by atoms with Crippen molar-refractivity contribution < 1.29 is 18.1 Å². The van der Waals surface area contributed by atoms with E-state index in [1.54, 1.807) is 11.8 Å². The Bertz CT molecular complexity index is 679. The molecule has 1 fully saturated rings. The number of nitrogens with one attached hydrogen (secondary N) is 1. The lowest BCUT2D eigenvalue weighted by molar-refractivity contribution is -0.384. The van der Waals surface area contributed by atoms with Crippen molar-refractivity contribution in [3.05, 3.63) is 34.4 Å². The molecule has 9 heteroatoms. The average Bonchev–Trinajstić information content (AvgIpc) is 2.54. The van der Waals surface area contributed by atoms with Crippen molar-refractivity contribution in [2.75, 3.05) is 13.1 Å². The van der Waals surface area contributed by atoms with Crippen molar-refractivity contribution >= 4 is 21.6 Å². The predicted molar refractivity (Wildman–Crippen MR) is 83.3 cm³/mol. The second kappa shape index (κ2) is 7.05. The molecule has 1 aliphatic heterocycles. The molecule has 0 aromatic heterocycles. The van der Waals surface area contributed by atoms with Crippen molar-refractivity contribution in [2.45, 2.75) is 37.1 Å². The molecule has 1 saturated heterocycles. The number of hydrogen-bond donors (Lipinski definition) is 1. The van der Waals surface area contributed by atoms with Gasteiger partial charge in [-0.05, 0) is 25.0 Å². The second-order valence-electron chi connectivity index (χ2n) is 5.38. The van der Waals surface area contributed by atoms with Crippen LogP contribution in [-0.4, -0.2) is 43.3 Å². The minimum atomic E-state index is -3.72. The van der Waals surface area contributed by atoms with E-state index in [0.29, 0.717) is 32.4 Å². The van der Waals surface area contributed by atoms with Gasteiger partial charge in [-0.3, -0.25) is 14.9 Å². The van der Waals surface area contributed by atoms with Crippen LogP contribution >= 0.6 is 0 Å². The zero-order valence-electron chi connectivity index (χ0n) is 12.8. The number of non-ortho nitro benzene ring substituents is 1. The van der Waals surface area contributed by atoms with Crippen LogP contribution in [0, 0.1) is 10.1 Å². The van der Waals surface area contributed by atoms with Crippen LogP contribution in [0.5, 0.6) is 0 Å². The number of likely N-dealkylation sites (tertiary alicyclic amines) is 1. The lowest BCUT2D eigenvalue weighted by Crippen LogP contribution is -2.46. The molecule has 0 saturated carbocycles. The zero-order valence-corrected chi connectivity index (χ0v) is 13.6. The van der Waals surface area contributed by atoms with Crippen molar-refractivity contribution in [2.24, 2.45) is 0 Å². The van der Waals surface area contributed by atoms with Gasteiger partial charge in [0, 0.05) is 37.7 Å². The third kappa shape index (κ3) is 4.26. The van der Waals surface area contributed by atoms with Gasteiger partial charge in [-0.15, -0.1) is 0 Å². The molecule has 0 aliphatic carbocycles. The third-order valence-corrected chi connectivity index (χ3v) is 5.37. The molecule has 8 nitrogen and oxygen atoms in total. The van der Waals surface area contributed by atoms with Crippen LogP contribution in [-0.2, 0) is 14.8 Å². The fourth-order valence-corrected chi connectivity index (χ4v) is 3.81. The number of carbonyl (C=O) groups is 1.